The molecule has 0 saturated carbocycles. The zero-order valence-corrected chi connectivity index (χ0v) is 10.9. The highest BCUT2D eigenvalue weighted by molar-refractivity contribution is 9.10. The van der Waals surface area contributed by atoms with E-state index in [4.69, 9.17) is 0 Å². The summed E-state index contributed by atoms with van der Waals surface area (Å²) < 4.78 is 0.891. The SMILES string of the molecule is O=C(CCc1cccs1)c1ccc(Br)cn1. The summed E-state index contributed by atoms with van der Waals surface area (Å²) in [6.07, 6.45) is 2.97. The lowest BCUT2D eigenvalue weighted by molar-refractivity contribution is 0.0978. The van der Waals surface area contributed by atoms with Gasteiger partial charge in [0, 0.05) is 22.0 Å². The van der Waals surface area contributed by atoms with Crippen molar-refractivity contribution in [1.82, 2.24) is 4.98 Å². The summed E-state index contributed by atoms with van der Waals surface area (Å²) in [7, 11) is 0. The molecule has 0 unspecified atom stereocenters. The number of nitrogens with zero attached hydrogens (tertiary/aromatic N) is 1. The molecule has 2 heterocycles. The van der Waals surface area contributed by atoms with Crippen LogP contribution >= 0.6 is 27.3 Å². The highest BCUT2D eigenvalue weighted by Crippen LogP contribution is 2.13. The van der Waals surface area contributed by atoms with E-state index < -0.39 is 0 Å². The van der Waals surface area contributed by atoms with Crippen molar-refractivity contribution in [3.05, 3.63) is 50.9 Å². The maximum Gasteiger partial charge on any atom is 0.181 e. The zero-order valence-electron chi connectivity index (χ0n) is 8.52. The predicted octanol–water partition coefficient (Wildman–Crippen LogP) is 3.72. The van der Waals surface area contributed by atoms with E-state index in [0.29, 0.717) is 12.1 Å². The topological polar surface area (TPSA) is 30.0 Å². The molecule has 0 saturated heterocycles. The molecule has 0 aliphatic carbocycles. The highest BCUT2D eigenvalue weighted by Gasteiger charge is 2.07. The van der Waals surface area contributed by atoms with E-state index in [9.17, 15) is 4.79 Å². The number of carbonyl (C=O) groups excluding carboxylic acids is 1. The average molecular weight is 296 g/mol. The van der Waals surface area contributed by atoms with Gasteiger partial charge in [-0.3, -0.25) is 9.78 Å². The van der Waals surface area contributed by atoms with E-state index in [1.807, 2.05) is 23.6 Å². The van der Waals surface area contributed by atoms with Crippen LogP contribution in [0.2, 0.25) is 0 Å². The third kappa shape index (κ3) is 3.00. The summed E-state index contributed by atoms with van der Waals surface area (Å²) in [4.78, 5) is 17.1. The number of aryl methyl sites for hydroxylation is 1. The van der Waals surface area contributed by atoms with E-state index in [-0.39, 0.29) is 5.78 Å². The van der Waals surface area contributed by atoms with Gasteiger partial charge < -0.3 is 0 Å². The fourth-order valence-electron chi connectivity index (χ4n) is 1.36. The van der Waals surface area contributed by atoms with Gasteiger partial charge in [-0.25, -0.2) is 0 Å². The number of carbonyl (C=O) groups is 1. The molecule has 82 valence electrons. The van der Waals surface area contributed by atoms with Crippen molar-refractivity contribution in [1.29, 1.82) is 0 Å². The average Bonchev–Trinajstić information content (AvgIpc) is 2.80. The lowest BCUT2D eigenvalue weighted by Crippen LogP contribution is -2.02. The molecule has 2 aromatic heterocycles. The van der Waals surface area contributed by atoms with Crippen LogP contribution in [0.1, 0.15) is 21.8 Å². The molecule has 0 fully saturated rings. The largest absolute Gasteiger partial charge is 0.292 e. The second-order valence-corrected chi connectivity index (χ2v) is 5.31. The molecule has 0 aromatic carbocycles. The van der Waals surface area contributed by atoms with Crippen LogP contribution in [-0.4, -0.2) is 10.8 Å². The first-order chi connectivity index (χ1) is 7.75. The van der Waals surface area contributed by atoms with Crippen molar-refractivity contribution in [3.63, 3.8) is 0 Å². The molecule has 16 heavy (non-hydrogen) atoms. The fourth-order valence-corrected chi connectivity index (χ4v) is 2.30. The maximum absolute atomic E-state index is 11.8. The Hall–Kier alpha value is -1.00. The molecular weight excluding hydrogens is 286 g/mol. The van der Waals surface area contributed by atoms with Crippen LogP contribution in [-0.2, 0) is 6.42 Å². The minimum Gasteiger partial charge on any atom is -0.292 e. The Labute approximate surface area is 106 Å². The lowest BCUT2D eigenvalue weighted by Gasteiger charge is -1.99. The summed E-state index contributed by atoms with van der Waals surface area (Å²) in [5.41, 5.74) is 0.541. The van der Waals surface area contributed by atoms with Crippen LogP contribution in [0.25, 0.3) is 0 Å². The Morgan fingerprint density at radius 2 is 2.25 bits per heavy atom. The first-order valence-electron chi connectivity index (χ1n) is 4.93. The van der Waals surface area contributed by atoms with Crippen LogP contribution < -0.4 is 0 Å². The minimum atomic E-state index is 0.0981. The lowest BCUT2D eigenvalue weighted by atomic mass is 10.1. The Balaban J connectivity index is 1.95. The molecule has 2 rings (SSSR count). The molecule has 0 atom stereocenters. The van der Waals surface area contributed by atoms with Crippen LogP contribution in [0.3, 0.4) is 0 Å². The van der Waals surface area contributed by atoms with E-state index in [1.54, 1.807) is 23.6 Å². The summed E-state index contributed by atoms with van der Waals surface area (Å²) in [5.74, 6) is 0.0981. The number of pyridine rings is 1. The number of thiophene rings is 1. The van der Waals surface area contributed by atoms with Gasteiger partial charge in [-0.05, 0) is 45.9 Å². The molecule has 2 nitrogen and oxygen atoms in total. The number of halogens is 1. The fraction of sp³-hybridized carbons (Fsp3) is 0.167. The van der Waals surface area contributed by atoms with Gasteiger partial charge in [0.05, 0.1) is 0 Å². The second kappa shape index (κ2) is 5.37. The number of rotatable bonds is 4. The van der Waals surface area contributed by atoms with E-state index in [0.717, 1.165) is 10.9 Å². The third-order valence-corrected chi connectivity index (χ3v) is 3.60. The summed E-state index contributed by atoms with van der Waals surface area (Å²) >= 11 is 4.98. The number of hydrogen-bond acceptors (Lipinski definition) is 3. The van der Waals surface area contributed by atoms with Gasteiger partial charge in [0.15, 0.2) is 5.78 Å². The van der Waals surface area contributed by atoms with Crippen molar-refractivity contribution in [3.8, 4) is 0 Å². The predicted molar refractivity (Wildman–Crippen MR) is 68.9 cm³/mol. The Kier molecular flexibility index (Phi) is 3.85. The minimum absolute atomic E-state index is 0.0981. The van der Waals surface area contributed by atoms with Crippen LogP contribution in [0, 0.1) is 0 Å². The van der Waals surface area contributed by atoms with E-state index in [2.05, 4.69) is 20.9 Å². The Morgan fingerprint density at radius 3 is 2.88 bits per heavy atom. The van der Waals surface area contributed by atoms with Gasteiger partial charge in [0.1, 0.15) is 5.69 Å². The molecule has 0 radical (unpaired) electrons. The summed E-state index contributed by atoms with van der Waals surface area (Å²) in [6.45, 7) is 0. The van der Waals surface area contributed by atoms with Crippen molar-refractivity contribution in [2.45, 2.75) is 12.8 Å². The Morgan fingerprint density at radius 1 is 1.38 bits per heavy atom. The van der Waals surface area contributed by atoms with Crippen LogP contribution in [0.4, 0.5) is 0 Å². The van der Waals surface area contributed by atoms with Crippen molar-refractivity contribution in [2.24, 2.45) is 0 Å². The number of ketones is 1. The van der Waals surface area contributed by atoms with Gasteiger partial charge in [-0.15, -0.1) is 11.3 Å². The van der Waals surface area contributed by atoms with Gasteiger partial charge in [0.25, 0.3) is 0 Å². The highest BCUT2D eigenvalue weighted by atomic mass is 79.9. The quantitative estimate of drug-likeness (QED) is 0.805. The molecule has 0 spiro atoms. The smallest absolute Gasteiger partial charge is 0.181 e. The van der Waals surface area contributed by atoms with Gasteiger partial charge in [-0.1, -0.05) is 6.07 Å². The van der Waals surface area contributed by atoms with Crippen molar-refractivity contribution in [2.75, 3.05) is 0 Å². The molecular formula is C12H10BrNOS. The molecule has 0 amide bonds. The molecule has 0 bridgehead atoms. The monoisotopic (exact) mass is 295 g/mol. The van der Waals surface area contributed by atoms with E-state index >= 15 is 0 Å². The molecule has 0 N–H and O–H groups in total. The van der Waals surface area contributed by atoms with Crippen LogP contribution in [0.15, 0.2) is 40.3 Å². The summed E-state index contributed by atoms with van der Waals surface area (Å²) in [5, 5.41) is 2.03. The van der Waals surface area contributed by atoms with Crippen LogP contribution in [0.5, 0.6) is 0 Å². The molecule has 4 heteroatoms. The number of hydrogen-bond donors (Lipinski definition) is 0. The van der Waals surface area contributed by atoms with Crippen molar-refractivity contribution < 1.29 is 4.79 Å². The summed E-state index contributed by atoms with van der Waals surface area (Å²) in [6, 6.07) is 7.64. The normalized spacial score (nSPS) is 10.3. The maximum atomic E-state index is 11.8. The third-order valence-electron chi connectivity index (χ3n) is 2.19. The first kappa shape index (κ1) is 11.5. The number of Topliss-reactive ketones (excluding diaryl/α,β-unsaturated/α-hetero) is 1. The molecule has 0 aliphatic heterocycles. The first-order valence-corrected chi connectivity index (χ1v) is 6.60. The van der Waals surface area contributed by atoms with E-state index in [1.165, 1.54) is 4.88 Å². The number of aromatic nitrogens is 1. The van der Waals surface area contributed by atoms with Gasteiger partial charge >= 0.3 is 0 Å². The molecule has 2 aromatic rings. The van der Waals surface area contributed by atoms with Gasteiger partial charge in [-0.2, -0.15) is 0 Å². The second-order valence-electron chi connectivity index (χ2n) is 3.36. The molecule has 0 aliphatic rings. The van der Waals surface area contributed by atoms with Gasteiger partial charge in [0.2, 0.25) is 0 Å². The van der Waals surface area contributed by atoms with Crippen molar-refractivity contribution >= 4 is 33.0 Å². The zero-order chi connectivity index (χ0) is 11.4. The Bertz CT molecular complexity index is 464. The standard InChI is InChI=1S/C12H10BrNOS/c13-9-3-5-11(14-8-9)12(15)6-4-10-2-1-7-16-10/h1-3,5,7-8H,4,6H2.